The Labute approximate surface area is 191 Å². The first-order chi connectivity index (χ1) is 16.0. The van der Waals surface area contributed by atoms with Crippen molar-refractivity contribution < 1.29 is 4.39 Å². The molecule has 0 aliphatic carbocycles. The molecule has 2 N–H and O–H groups in total. The number of nitrogens with zero attached hydrogens (tertiary/aromatic N) is 7. The number of aryl methyl sites for hydroxylation is 2. The van der Waals surface area contributed by atoms with E-state index in [0.717, 1.165) is 11.1 Å². The van der Waals surface area contributed by atoms with Crippen molar-refractivity contribution in [3.63, 3.8) is 0 Å². The Hall–Kier alpha value is -4.14. The van der Waals surface area contributed by atoms with Crippen molar-refractivity contribution in [2.75, 3.05) is 10.6 Å². The van der Waals surface area contributed by atoms with Gasteiger partial charge in [0.2, 0.25) is 0 Å². The van der Waals surface area contributed by atoms with E-state index in [1.165, 1.54) is 12.4 Å². The van der Waals surface area contributed by atoms with Gasteiger partial charge in [0.15, 0.2) is 11.5 Å². The number of rotatable bonds is 3. The third kappa shape index (κ3) is 3.71. The van der Waals surface area contributed by atoms with Crippen molar-refractivity contribution >= 4 is 39.9 Å². The van der Waals surface area contributed by atoms with Crippen LogP contribution in [0.3, 0.4) is 0 Å². The Morgan fingerprint density at radius 3 is 2.58 bits per heavy atom. The summed E-state index contributed by atoms with van der Waals surface area (Å²) in [7, 11) is 0. The molecule has 0 bridgehead atoms. The monoisotopic (exact) mass is 444 g/mol. The topological polar surface area (TPSA) is 98.1 Å². The normalized spacial score (nSPS) is 12.8. The van der Waals surface area contributed by atoms with Crippen LogP contribution < -0.4 is 10.6 Å². The van der Waals surface area contributed by atoms with E-state index in [2.05, 4.69) is 26.6 Å². The standard InChI is InChI=1S/C22H19FN8.C2H6/c1-12-8-9-25-21-18(12)14(3)31(16-7-5-4-6-15(16)23)17(28-21)10-30-22-19(13(2)29-30)20(24)26-11-27-22;1-2/h4-9,11H,3,10H2,1-2H3,(H2,24,26,27);1-2H3. The molecule has 0 saturated heterocycles. The van der Waals surface area contributed by atoms with Crippen LogP contribution in [0.2, 0.25) is 0 Å². The molecule has 0 spiro atoms. The summed E-state index contributed by atoms with van der Waals surface area (Å²) in [6.45, 7) is 12.3. The zero-order valence-corrected chi connectivity index (χ0v) is 19.0. The third-order valence-electron chi connectivity index (χ3n) is 5.31. The number of para-hydroxylation sites is 1. The van der Waals surface area contributed by atoms with Crippen LogP contribution >= 0.6 is 0 Å². The largest absolute Gasteiger partial charge is 0.383 e. The molecule has 4 aromatic rings. The zero-order valence-electron chi connectivity index (χ0n) is 19.0. The van der Waals surface area contributed by atoms with Crippen molar-refractivity contribution in [2.24, 2.45) is 4.99 Å². The average molecular weight is 445 g/mol. The maximum absolute atomic E-state index is 14.8. The van der Waals surface area contributed by atoms with Gasteiger partial charge in [0.25, 0.3) is 0 Å². The number of nitrogens with two attached hydrogens (primary N) is 1. The fourth-order valence-electron chi connectivity index (χ4n) is 3.90. The van der Waals surface area contributed by atoms with Crippen LogP contribution in [0, 0.1) is 19.7 Å². The Morgan fingerprint density at radius 1 is 1.06 bits per heavy atom. The molecule has 0 unspecified atom stereocenters. The minimum absolute atomic E-state index is 0.212. The maximum Gasteiger partial charge on any atom is 0.164 e. The SMILES string of the molecule is C=C1c2c(C)ccnc2N=C(Cn2nc(C)c3c(N)ncnc32)N1c1ccccc1F.CC. The summed E-state index contributed by atoms with van der Waals surface area (Å²) in [6, 6.07) is 8.41. The molecule has 168 valence electrons. The molecule has 0 saturated carbocycles. The molecule has 1 aliphatic heterocycles. The lowest BCUT2D eigenvalue weighted by Crippen LogP contribution is -2.36. The number of nitrogen functional groups attached to an aromatic ring is 1. The predicted octanol–water partition coefficient (Wildman–Crippen LogP) is 4.81. The molecular formula is C24H25FN8. The summed E-state index contributed by atoms with van der Waals surface area (Å²) >= 11 is 0. The number of hydrogen-bond donors (Lipinski definition) is 1. The second-order valence-electron chi connectivity index (χ2n) is 7.29. The highest BCUT2D eigenvalue weighted by molar-refractivity contribution is 6.13. The third-order valence-corrected chi connectivity index (χ3v) is 5.31. The molecule has 33 heavy (non-hydrogen) atoms. The lowest BCUT2D eigenvalue weighted by Gasteiger charge is -2.33. The highest BCUT2D eigenvalue weighted by Crippen LogP contribution is 2.38. The van der Waals surface area contributed by atoms with Gasteiger partial charge in [-0.3, -0.25) is 4.90 Å². The minimum Gasteiger partial charge on any atom is -0.383 e. The number of halogens is 1. The molecule has 1 aromatic carbocycles. The van der Waals surface area contributed by atoms with Gasteiger partial charge in [-0.2, -0.15) is 5.10 Å². The Balaban J connectivity index is 0.00000126. The second kappa shape index (κ2) is 8.78. The average Bonchev–Trinajstić information content (AvgIpc) is 3.12. The summed E-state index contributed by atoms with van der Waals surface area (Å²) in [5.74, 6) is 1.03. The molecule has 0 amide bonds. The van der Waals surface area contributed by atoms with Gasteiger partial charge in [0.1, 0.15) is 30.3 Å². The Bertz CT molecular complexity index is 1390. The maximum atomic E-state index is 14.8. The Morgan fingerprint density at radius 2 is 1.82 bits per heavy atom. The number of fused-ring (bicyclic) bond motifs is 2. The molecular weight excluding hydrogens is 419 g/mol. The number of hydrogen-bond acceptors (Lipinski definition) is 7. The van der Waals surface area contributed by atoms with Crippen molar-refractivity contribution in [1.82, 2.24) is 24.7 Å². The smallest absolute Gasteiger partial charge is 0.164 e. The van der Waals surface area contributed by atoms with E-state index in [1.807, 2.05) is 33.8 Å². The quantitative estimate of drug-likeness (QED) is 0.487. The summed E-state index contributed by atoms with van der Waals surface area (Å²) in [4.78, 5) is 19.3. The van der Waals surface area contributed by atoms with Gasteiger partial charge in [-0.05, 0) is 37.6 Å². The number of pyridine rings is 1. The molecule has 8 nitrogen and oxygen atoms in total. The number of aromatic nitrogens is 5. The highest BCUT2D eigenvalue weighted by atomic mass is 19.1. The van der Waals surface area contributed by atoms with E-state index in [0.29, 0.717) is 45.6 Å². The number of anilines is 2. The molecule has 0 fully saturated rings. The van der Waals surface area contributed by atoms with Gasteiger partial charge in [0.05, 0.1) is 22.5 Å². The van der Waals surface area contributed by atoms with Gasteiger partial charge in [-0.25, -0.2) is 29.0 Å². The number of benzene rings is 1. The summed E-state index contributed by atoms with van der Waals surface area (Å²) in [6.07, 6.45) is 3.09. The Kier molecular flexibility index (Phi) is 5.87. The summed E-state index contributed by atoms with van der Waals surface area (Å²) in [5, 5.41) is 5.26. The van der Waals surface area contributed by atoms with E-state index in [-0.39, 0.29) is 12.4 Å². The molecule has 9 heteroatoms. The number of amidine groups is 1. The number of aliphatic imine (C=N–C) groups is 1. The van der Waals surface area contributed by atoms with Gasteiger partial charge in [-0.15, -0.1) is 0 Å². The van der Waals surface area contributed by atoms with E-state index in [1.54, 1.807) is 34.0 Å². The van der Waals surface area contributed by atoms with Gasteiger partial charge in [0, 0.05) is 11.8 Å². The zero-order chi connectivity index (χ0) is 23.7. The van der Waals surface area contributed by atoms with E-state index in [9.17, 15) is 4.39 Å². The predicted molar refractivity (Wildman–Crippen MR) is 130 cm³/mol. The van der Waals surface area contributed by atoms with Gasteiger partial charge < -0.3 is 5.73 Å². The molecule has 4 heterocycles. The summed E-state index contributed by atoms with van der Waals surface area (Å²) in [5.41, 5.74) is 9.99. The van der Waals surface area contributed by atoms with Gasteiger partial charge >= 0.3 is 0 Å². The molecule has 0 radical (unpaired) electrons. The summed E-state index contributed by atoms with van der Waals surface area (Å²) < 4.78 is 16.5. The first-order valence-corrected chi connectivity index (χ1v) is 10.7. The van der Waals surface area contributed by atoms with E-state index in [4.69, 9.17) is 10.7 Å². The van der Waals surface area contributed by atoms with Crippen LogP contribution in [0.5, 0.6) is 0 Å². The molecule has 5 rings (SSSR count). The lowest BCUT2D eigenvalue weighted by atomic mass is 10.0. The molecule has 0 atom stereocenters. The van der Waals surface area contributed by atoms with Crippen LogP contribution in [-0.4, -0.2) is 30.6 Å². The van der Waals surface area contributed by atoms with Gasteiger partial charge in [-0.1, -0.05) is 32.6 Å². The van der Waals surface area contributed by atoms with Crippen LogP contribution in [-0.2, 0) is 6.54 Å². The van der Waals surface area contributed by atoms with Crippen molar-refractivity contribution in [2.45, 2.75) is 34.2 Å². The minimum atomic E-state index is -0.380. The van der Waals surface area contributed by atoms with Crippen molar-refractivity contribution in [1.29, 1.82) is 0 Å². The lowest BCUT2D eigenvalue weighted by molar-refractivity contribution is 0.628. The molecule has 3 aromatic heterocycles. The van der Waals surface area contributed by atoms with Crippen molar-refractivity contribution in [3.05, 3.63) is 72.1 Å². The van der Waals surface area contributed by atoms with Crippen LogP contribution in [0.4, 0.5) is 21.7 Å². The van der Waals surface area contributed by atoms with E-state index < -0.39 is 0 Å². The highest BCUT2D eigenvalue weighted by Gasteiger charge is 2.29. The molecule has 1 aliphatic rings. The van der Waals surface area contributed by atoms with Crippen LogP contribution in [0.15, 0.2) is 54.4 Å². The first-order valence-electron chi connectivity index (χ1n) is 10.7. The fraction of sp³-hybridized carbons (Fsp3) is 0.208. The fourth-order valence-corrected chi connectivity index (χ4v) is 3.90. The van der Waals surface area contributed by atoms with Crippen LogP contribution in [0.25, 0.3) is 16.7 Å². The van der Waals surface area contributed by atoms with E-state index >= 15 is 0 Å². The van der Waals surface area contributed by atoms with Crippen molar-refractivity contribution in [3.8, 4) is 0 Å². The first kappa shape index (κ1) is 22.1. The second-order valence-corrected chi connectivity index (χ2v) is 7.29. The van der Waals surface area contributed by atoms with Crippen LogP contribution in [0.1, 0.15) is 30.7 Å².